The molecule has 2 aliphatic heterocycles. The standard InChI is InChI=1S/C32H39N5O4/c1-21(14-17-33-31(38)30-23(3)34-20-35-24(30)4)37-18-15-27(16-19-37)32(40-28-8-6-7-9-29(28)41-32)26-12-10-25(11-13-26)22(2)36-39-5/h6-13,20-21,27,36H,2,14-19H2,1,3-5H3,(H,33,38). The lowest BCUT2D eigenvalue weighted by atomic mass is 9.83. The fourth-order valence-electron chi connectivity index (χ4n) is 5.88. The number of ether oxygens (including phenoxy) is 2. The van der Waals surface area contributed by atoms with E-state index in [1.54, 1.807) is 7.11 Å². The summed E-state index contributed by atoms with van der Waals surface area (Å²) in [6, 6.07) is 16.3. The van der Waals surface area contributed by atoms with E-state index in [1.165, 1.54) is 6.33 Å². The molecule has 1 unspecified atom stereocenters. The van der Waals surface area contributed by atoms with E-state index in [1.807, 2.05) is 50.2 Å². The third kappa shape index (κ3) is 5.92. The molecule has 0 radical (unpaired) electrons. The SMILES string of the molecule is C=C(NOC)c1ccc(C2(C3CCN(C(C)CCNC(=O)c4c(C)ncnc4C)CC3)Oc3ccccc3O2)cc1. The third-order valence-corrected chi connectivity index (χ3v) is 8.22. The lowest BCUT2D eigenvalue weighted by Gasteiger charge is -2.42. The Balaban J connectivity index is 1.23. The number of hydrogen-bond acceptors (Lipinski definition) is 8. The highest BCUT2D eigenvalue weighted by Gasteiger charge is 2.51. The number of nitrogens with one attached hydrogen (secondary N) is 2. The molecule has 9 heteroatoms. The number of rotatable bonds is 10. The molecule has 216 valence electrons. The van der Waals surface area contributed by atoms with Crippen molar-refractivity contribution in [3.8, 4) is 11.5 Å². The van der Waals surface area contributed by atoms with Crippen LogP contribution in [0.4, 0.5) is 0 Å². The number of amides is 1. The van der Waals surface area contributed by atoms with E-state index < -0.39 is 5.79 Å². The van der Waals surface area contributed by atoms with Gasteiger partial charge in [-0.15, -0.1) is 0 Å². The summed E-state index contributed by atoms with van der Waals surface area (Å²) in [5.74, 6) is 0.685. The fraction of sp³-hybridized carbons (Fsp3) is 0.406. The van der Waals surface area contributed by atoms with Gasteiger partial charge in [-0.05, 0) is 70.8 Å². The zero-order valence-corrected chi connectivity index (χ0v) is 24.3. The summed E-state index contributed by atoms with van der Waals surface area (Å²) in [5, 5.41) is 3.06. The number of aromatic nitrogens is 2. The van der Waals surface area contributed by atoms with Crippen LogP contribution in [0.25, 0.3) is 5.70 Å². The predicted octanol–water partition coefficient (Wildman–Crippen LogP) is 4.76. The second-order valence-electron chi connectivity index (χ2n) is 10.8. The number of para-hydroxylation sites is 2. The number of nitrogens with zero attached hydrogens (tertiary/aromatic N) is 3. The predicted molar refractivity (Wildman–Crippen MR) is 157 cm³/mol. The van der Waals surface area contributed by atoms with Gasteiger partial charge in [0.25, 0.3) is 11.7 Å². The molecular weight excluding hydrogens is 518 g/mol. The van der Waals surface area contributed by atoms with Crippen molar-refractivity contribution in [2.24, 2.45) is 5.92 Å². The number of hydroxylamine groups is 1. The summed E-state index contributed by atoms with van der Waals surface area (Å²) in [6.45, 7) is 12.4. The van der Waals surface area contributed by atoms with Gasteiger partial charge in [-0.2, -0.15) is 0 Å². The number of likely N-dealkylation sites (tertiary alicyclic amines) is 1. The summed E-state index contributed by atoms with van der Waals surface area (Å²) >= 11 is 0. The van der Waals surface area contributed by atoms with Gasteiger partial charge in [0.2, 0.25) is 0 Å². The average Bonchev–Trinajstić information content (AvgIpc) is 3.38. The average molecular weight is 558 g/mol. The maximum atomic E-state index is 12.7. The first-order valence-electron chi connectivity index (χ1n) is 14.2. The molecule has 3 heterocycles. The molecule has 2 N–H and O–H groups in total. The molecule has 9 nitrogen and oxygen atoms in total. The molecule has 1 fully saturated rings. The third-order valence-electron chi connectivity index (χ3n) is 8.22. The van der Waals surface area contributed by atoms with Gasteiger partial charge in [0, 0.05) is 24.1 Å². The second-order valence-corrected chi connectivity index (χ2v) is 10.8. The van der Waals surface area contributed by atoms with E-state index in [-0.39, 0.29) is 11.8 Å². The van der Waals surface area contributed by atoms with Crippen LogP contribution in [-0.2, 0) is 10.6 Å². The molecule has 2 aliphatic rings. The molecule has 1 aromatic heterocycles. The van der Waals surface area contributed by atoms with Gasteiger partial charge in [-0.3, -0.25) is 15.1 Å². The van der Waals surface area contributed by atoms with Crippen molar-refractivity contribution in [1.29, 1.82) is 0 Å². The molecule has 0 bridgehead atoms. The van der Waals surface area contributed by atoms with E-state index >= 15 is 0 Å². The highest BCUT2D eigenvalue weighted by molar-refractivity contribution is 5.96. The number of benzene rings is 2. The Hall–Kier alpha value is -3.95. The zero-order valence-electron chi connectivity index (χ0n) is 24.3. The van der Waals surface area contributed by atoms with Crippen LogP contribution in [0, 0.1) is 19.8 Å². The summed E-state index contributed by atoms with van der Waals surface area (Å²) < 4.78 is 13.3. The van der Waals surface area contributed by atoms with Crippen LogP contribution in [0.15, 0.2) is 61.4 Å². The van der Waals surface area contributed by atoms with Gasteiger partial charge in [-0.1, -0.05) is 43.0 Å². The van der Waals surface area contributed by atoms with Crippen LogP contribution >= 0.6 is 0 Å². The molecule has 0 saturated carbocycles. The number of piperidine rings is 1. The summed E-state index contributed by atoms with van der Waals surface area (Å²) in [5.41, 5.74) is 7.35. The maximum Gasteiger partial charge on any atom is 0.281 e. The first-order valence-corrected chi connectivity index (χ1v) is 14.2. The van der Waals surface area contributed by atoms with Gasteiger partial charge in [-0.25, -0.2) is 9.97 Å². The number of hydrogen-bond donors (Lipinski definition) is 2. The van der Waals surface area contributed by atoms with Crippen LogP contribution < -0.4 is 20.3 Å². The van der Waals surface area contributed by atoms with Crippen molar-refractivity contribution in [2.75, 3.05) is 26.7 Å². The monoisotopic (exact) mass is 557 g/mol. The first-order chi connectivity index (χ1) is 19.8. The quantitative estimate of drug-likeness (QED) is 0.345. The van der Waals surface area contributed by atoms with Gasteiger partial charge >= 0.3 is 0 Å². The highest BCUT2D eigenvalue weighted by Crippen LogP contribution is 2.50. The Morgan fingerprint density at radius 1 is 1.07 bits per heavy atom. The van der Waals surface area contributed by atoms with Crippen LogP contribution in [-0.4, -0.2) is 53.6 Å². The van der Waals surface area contributed by atoms with Crippen molar-refractivity contribution in [3.05, 3.63) is 89.5 Å². The van der Waals surface area contributed by atoms with Crippen LogP contribution in [0.2, 0.25) is 0 Å². The maximum absolute atomic E-state index is 12.7. The molecule has 41 heavy (non-hydrogen) atoms. The number of aryl methyl sites for hydroxylation is 2. The van der Waals surface area contributed by atoms with E-state index in [4.69, 9.17) is 14.3 Å². The van der Waals surface area contributed by atoms with Crippen molar-refractivity contribution < 1.29 is 19.1 Å². The fourth-order valence-corrected chi connectivity index (χ4v) is 5.88. The summed E-state index contributed by atoms with van der Waals surface area (Å²) in [6.07, 6.45) is 4.19. The van der Waals surface area contributed by atoms with Crippen LogP contribution in [0.1, 0.15) is 59.1 Å². The van der Waals surface area contributed by atoms with Crippen molar-refractivity contribution in [3.63, 3.8) is 0 Å². The van der Waals surface area contributed by atoms with E-state index in [0.717, 1.165) is 55.0 Å². The Morgan fingerprint density at radius 2 is 1.68 bits per heavy atom. The Morgan fingerprint density at radius 3 is 2.27 bits per heavy atom. The Labute approximate surface area is 241 Å². The number of carbonyl (C=O) groups is 1. The topological polar surface area (TPSA) is 97.8 Å². The summed E-state index contributed by atoms with van der Waals surface area (Å²) in [4.78, 5) is 28.6. The van der Waals surface area contributed by atoms with Crippen LogP contribution in [0.5, 0.6) is 11.5 Å². The molecule has 1 amide bonds. The zero-order chi connectivity index (χ0) is 29.0. The molecule has 5 rings (SSSR count). The van der Waals surface area contributed by atoms with Crippen molar-refractivity contribution >= 4 is 11.6 Å². The van der Waals surface area contributed by atoms with Gasteiger partial charge < -0.3 is 19.7 Å². The second kappa shape index (κ2) is 12.3. The minimum atomic E-state index is -0.894. The normalized spacial score (nSPS) is 17.2. The smallest absolute Gasteiger partial charge is 0.281 e. The molecular formula is C32H39N5O4. The minimum absolute atomic E-state index is 0.115. The van der Waals surface area contributed by atoms with E-state index in [0.29, 0.717) is 35.2 Å². The molecule has 0 spiro atoms. The minimum Gasteiger partial charge on any atom is -0.444 e. The first kappa shape index (κ1) is 28.6. The van der Waals surface area contributed by atoms with Crippen molar-refractivity contribution in [1.82, 2.24) is 25.7 Å². The number of fused-ring (bicyclic) bond motifs is 1. The van der Waals surface area contributed by atoms with Gasteiger partial charge in [0.15, 0.2) is 11.5 Å². The molecule has 0 aliphatic carbocycles. The lowest BCUT2D eigenvalue weighted by molar-refractivity contribution is -0.149. The Kier molecular flexibility index (Phi) is 8.56. The highest BCUT2D eigenvalue weighted by atomic mass is 16.7. The molecule has 1 saturated heterocycles. The summed E-state index contributed by atoms with van der Waals surface area (Å²) in [7, 11) is 1.57. The molecule has 1 atom stereocenters. The molecule has 2 aromatic carbocycles. The molecule has 3 aromatic rings. The van der Waals surface area contributed by atoms with E-state index in [9.17, 15) is 4.79 Å². The van der Waals surface area contributed by atoms with Gasteiger partial charge in [0.1, 0.15) is 6.33 Å². The van der Waals surface area contributed by atoms with E-state index in [2.05, 4.69) is 51.3 Å². The Bertz CT molecular complexity index is 1340. The van der Waals surface area contributed by atoms with Gasteiger partial charge in [0.05, 0.1) is 29.8 Å². The van der Waals surface area contributed by atoms with Crippen LogP contribution in [0.3, 0.4) is 0 Å². The largest absolute Gasteiger partial charge is 0.444 e. The lowest BCUT2D eigenvalue weighted by Crippen LogP contribution is -2.50. The van der Waals surface area contributed by atoms with Crippen molar-refractivity contribution in [2.45, 2.75) is 51.9 Å². The number of carbonyl (C=O) groups excluding carboxylic acids is 1.